The standard InChI is InChI=1S/C26H24N4O5S/c31-25(27-13-14-32-20-9-5-2-6-10-20)17-36-26-29-28-24(30(26)19-7-3-1-4-8-19)16-33-21-11-12-22-23(15-21)35-18-34-22/h1-12,15H,13-14,16-18H2,(H,27,31). The number of thioether (sulfide) groups is 1. The molecule has 0 saturated heterocycles. The van der Waals surface area contributed by atoms with E-state index in [1.165, 1.54) is 11.8 Å². The van der Waals surface area contributed by atoms with Crippen LogP contribution in [0.2, 0.25) is 0 Å². The number of benzene rings is 3. The molecule has 0 atom stereocenters. The van der Waals surface area contributed by atoms with Crippen molar-refractivity contribution in [3.05, 3.63) is 84.7 Å². The van der Waals surface area contributed by atoms with E-state index in [1.807, 2.05) is 77.4 Å². The number of carbonyl (C=O) groups excluding carboxylic acids is 1. The molecule has 0 unspecified atom stereocenters. The fraction of sp³-hybridized carbons (Fsp3) is 0.192. The normalized spacial score (nSPS) is 11.8. The highest BCUT2D eigenvalue weighted by atomic mass is 32.2. The summed E-state index contributed by atoms with van der Waals surface area (Å²) in [4.78, 5) is 12.4. The number of hydrogen-bond acceptors (Lipinski definition) is 8. The average molecular weight is 505 g/mol. The van der Waals surface area contributed by atoms with Gasteiger partial charge in [-0.15, -0.1) is 10.2 Å². The fourth-order valence-electron chi connectivity index (χ4n) is 3.50. The van der Waals surface area contributed by atoms with Crippen molar-refractivity contribution >= 4 is 17.7 Å². The first-order chi connectivity index (χ1) is 17.8. The van der Waals surface area contributed by atoms with Crippen molar-refractivity contribution in [1.82, 2.24) is 20.1 Å². The van der Waals surface area contributed by atoms with Crippen molar-refractivity contribution < 1.29 is 23.7 Å². The van der Waals surface area contributed by atoms with Gasteiger partial charge in [0.1, 0.15) is 24.7 Å². The van der Waals surface area contributed by atoms with Crippen molar-refractivity contribution in [2.24, 2.45) is 0 Å². The van der Waals surface area contributed by atoms with Crippen LogP contribution in [0.1, 0.15) is 5.82 Å². The maximum Gasteiger partial charge on any atom is 0.231 e. The number of nitrogens with one attached hydrogen (secondary N) is 1. The smallest absolute Gasteiger partial charge is 0.231 e. The predicted octanol–water partition coefficient (Wildman–Crippen LogP) is 3.86. The highest BCUT2D eigenvalue weighted by molar-refractivity contribution is 7.99. The number of nitrogens with zero attached hydrogens (tertiary/aromatic N) is 3. The first-order valence-corrected chi connectivity index (χ1v) is 12.3. The summed E-state index contributed by atoms with van der Waals surface area (Å²) >= 11 is 1.31. The second kappa shape index (κ2) is 11.5. The van der Waals surface area contributed by atoms with Gasteiger partial charge in [0.25, 0.3) is 0 Å². The van der Waals surface area contributed by atoms with E-state index in [9.17, 15) is 4.79 Å². The van der Waals surface area contributed by atoms with Crippen LogP contribution >= 0.6 is 11.8 Å². The minimum absolute atomic E-state index is 0.113. The number of fused-ring (bicyclic) bond motifs is 1. The first kappa shape index (κ1) is 23.6. The van der Waals surface area contributed by atoms with Gasteiger partial charge in [-0.1, -0.05) is 48.2 Å². The molecule has 10 heteroatoms. The van der Waals surface area contributed by atoms with Crippen LogP contribution in [0.3, 0.4) is 0 Å². The van der Waals surface area contributed by atoms with Crippen LogP contribution in [0.5, 0.6) is 23.0 Å². The van der Waals surface area contributed by atoms with Gasteiger partial charge in [-0.3, -0.25) is 9.36 Å². The molecule has 0 aliphatic carbocycles. The zero-order chi connectivity index (χ0) is 24.6. The Hall–Kier alpha value is -4.18. The molecule has 1 aromatic heterocycles. The van der Waals surface area contributed by atoms with Crippen molar-refractivity contribution in [2.75, 3.05) is 25.7 Å². The zero-order valence-corrected chi connectivity index (χ0v) is 20.1. The topological polar surface area (TPSA) is 96.7 Å². The third kappa shape index (κ3) is 5.89. The molecule has 1 aliphatic rings. The number of para-hydroxylation sites is 2. The third-order valence-electron chi connectivity index (χ3n) is 5.20. The SMILES string of the molecule is O=C(CSc1nnc(COc2ccc3c(c2)OCO3)n1-c1ccccc1)NCCOc1ccccc1. The molecule has 184 valence electrons. The predicted molar refractivity (Wildman–Crippen MR) is 134 cm³/mol. The lowest BCUT2D eigenvalue weighted by atomic mass is 10.3. The van der Waals surface area contributed by atoms with Gasteiger partial charge in [0.2, 0.25) is 12.7 Å². The van der Waals surface area contributed by atoms with E-state index in [1.54, 1.807) is 6.07 Å². The van der Waals surface area contributed by atoms with Crippen molar-refractivity contribution in [3.63, 3.8) is 0 Å². The van der Waals surface area contributed by atoms with E-state index < -0.39 is 0 Å². The summed E-state index contributed by atoms with van der Waals surface area (Å²) < 4.78 is 24.2. The molecule has 5 rings (SSSR count). The summed E-state index contributed by atoms with van der Waals surface area (Å²) in [6, 6.07) is 24.6. The van der Waals surface area contributed by atoms with Crippen LogP contribution in [0.15, 0.2) is 84.0 Å². The summed E-state index contributed by atoms with van der Waals surface area (Å²) in [6.45, 7) is 1.19. The number of hydrogen-bond donors (Lipinski definition) is 1. The molecule has 0 bridgehead atoms. The second-order valence-electron chi connectivity index (χ2n) is 7.67. The Morgan fingerprint density at radius 1 is 0.917 bits per heavy atom. The molecule has 36 heavy (non-hydrogen) atoms. The van der Waals surface area contributed by atoms with Crippen LogP contribution in [0, 0.1) is 0 Å². The van der Waals surface area contributed by atoms with Crippen LogP contribution in [-0.2, 0) is 11.4 Å². The molecule has 1 N–H and O–H groups in total. The lowest BCUT2D eigenvalue weighted by Gasteiger charge is -2.11. The minimum Gasteiger partial charge on any atom is -0.492 e. The Morgan fingerprint density at radius 3 is 2.53 bits per heavy atom. The van der Waals surface area contributed by atoms with E-state index in [0.29, 0.717) is 41.4 Å². The zero-order valence-electron chi connectivity index (χ0n) is 19.3. The van der Waals surface area contributed by atoms with Crippen LogP contribution in [0.25, 0.3) is 5.69 Å². The number of aromatic nitrogens is 3. The molecule has 1 aliphatic heterocycles. The summed E-state index contributed by atoms with van der Waals surface area (Å²) in [5.74, 6) is 3.43. The van der Waals surface area contributed by atoms with Gasteiger partial charge < -0.3 is 24.3 Å². The van der Waals surface area contributed by atoms with E-state index >= 15 is 0 Å². The number of carbonyl (C=O) groups is 1. The molecule has 0 saturated carbocycles. The van der Waals surface area contributed by atoms with Crippen molar-refractivity contribution in [2.45, 2.75) is 11.8 Å². The molecule has 2 heterocycles. The summed E-state index contributed by atoms with van der Waals surface area (Å²) in [7, 11) is 0. The van der Waals surface area contributed by atoms with E-state index in [0.717, 1.165) is 11.4 Å². The average Bonchev–Trinajstić information content (AvgIpc) is 3.56. The van der Waals surface area contributed by atoms with E-state index in [-0.39, 0.29) is 25.1 Å². The van der Waals surface area contributed by atoms with Gasteiger partial charge in [-0.05, 0) is 36.4 Å². The maximum atomic E-state index is 12.4. The van der Waals surface area contributed by atoms with Gasteiger partial charge in [0.15, 0.2) is 22.5 Å². The van der Waals surface area contributed by atoms with Crippen molar-refractivity contribution in [3.8, 4) is 28.7 Å². The Labute approximate surface area is 212 Å². The summed E-state index contributed by atoms with van der Waals surface area (Å²) in [6.07, 6.45) is 0. The Kier molecular flexibility index (Phi) is 7.52. The summed E-state index contributed by atoms with van der Waals surface area (Å²) in [5.41, 5.74) is 0.881. The quantitative estimate of drug-likeness (QED) is 0.243. The molecular weight excluding hydrogens is 480 g/mol. The fourth-order valence-corrected chi connectivity index (χ4v) is 4.30. The molecule has 0 spiro atoms. The van der Waals surface area contributed by atoms with Gasteiger partial charge in [-0.2, -0.15) is 0 Å². The molecule has 9 nitrogen and oxygen atoms in total. The van der Waals surface area contributed by atoms with Gasteiger partial charge in [0, 0.05) is 11.8 Å². The summed E-state index contributed by atoms with van der Waals surface area (Å²) in [5, 5.41) is 12.1. The van der Waals surface area contributed by atoms with E-state index in [2.05, 4.69) is 15.5 Å². The van der Waals surface area contributed by atoms with Crippen LogP contribution in [-0.4, -0.2) is 46.4 Å². The number of rotatable bonds is 11. The largest absolute Gasteiger partial charge is 0.492 e. The van der Waals surface area contributed by atoms with Crippen LogP contribution < -0.4 is 24.3 Å². The number of ether oxygens (including phenoxy) is 4. The molecule has 1 amide bonds. The Morgan fingerprint density at radius 2 is 1.69 bits per heavy atom. The van der Waals surface area contributed by atoms with Gasteiger partial charge in [-0.25, -0.2) is 0 Å². The molecule has 3 aromatic carbocycles. The molecule has 0 radical (unpaired) electrons. The lowest BCUT2D eigenvalue weighted by Crippen LogP contribution is -2.29. The first-order valence-electron chi connectivity index (χ1n) is 11.4. The monoisotopic (exact) mass is 504 g/mol. The van der Waals surface area contributed by atoms with Gasteiger partial charge >= 0.3 is 0 Å². The van der Waals surface area contributed by atoms with Gasteiger partial charge in [0.05, 0.1) is 12.3 Å². The Bertz CT molecular complexity index is 1300. The minimum atomic E-state index is -0.113. The highest BCUT2D eigenvalue weighted by Crippen LogP contribution is 2.35. The highest BCUT2D eigenvalue weighted by Gasteiger charge is 2.18. The molecular formula is C26H24N4O5S. The molecule has 4 aromatic rings. The van der Waals surface area contributed by atoms with Crippen LogP contribution in [0.4, 0.5) is 0 Å². The number of amides is 1. The molecule has 0 fully saturated rings. The lowest BCUT2D eigenvalue weighted by molar-refractivity contribution is -0.118. The Balaban J connectivity index is 1.19. The third-order valence-corrected chi connectivity index (χ3v) is 6.12. The van der Waals surface area contributed by atoms with Crippen molar-refractivity contribution in [1.29, 1.82) is 0 Å². The maximum absolute atomic E-state index is 12.4. The van der Waals surface area contributed by atoms with E-state index in [4.69, 9.17) is 18.9 Å². The second-order valence-corrected chi connectivity index (χ2v) is 8.62.